The van der Waals surface area contributed by atoms with E-state index in [9.17, 15) is 20.8 Å². The number of halogens is 6. The van der Waals surface area contributed by atoms with Crippen LogP contribution >= 0.6 is 0 Å². The van der Waals surface area contributed by atoms with Gasteiger partial charge in [-0.3, -0.25) is 0 Å². The number of quaternary nitrogens is 1. The second-order valence-electron chi connectivity index (χ2n) is 0.958. The van der Waals surface area contributed by atoms with Crippen molar-refractivity contribution >= 4 is 14.2 Å². The molecular formula is H4AsF6N. The summed E-state index contributed by atoms with van der Waals surface area (Å²) in [5, 5.41) is 0. The maximum Gasteiger partial charge on any atom is -0.369 e. The van der Waals surface area contributed by atoms with Crippen molar-refractivity contribution in [2.45, 2.75) is 0 Å². The van der Waals surface area contributed by atoms with Crippen LogP contribution in [0.25, 0.3) is 0 Å². The van der Waals surface area contributed by atoms with Crippen LogP contribution in [0.4, 0.5) is 20.8 Å². The van der Waals surface area contributed by atoms with Crippen LogP contribution in [0.5, 0.6) is 0 Å². The summed E-state index contributed by atoms with van der Waals surface area (Å²) in [5.41, 5.74) is 0. The summed E-state index contributed by atoms with van der Waals surface area (Å²) >= 11 is -11.1. The van der Waals surface area contributed by atoms with Gasteiger partial charge in [-0.05, 0) is 0 Å². The Morgan fingerprint density at radius 1 is 0.625 bits per heavy atom. The zero-order chi connectivity index (χ0) is 6.41. The molecule has 0 aromatic heterocycles. The van der Waals surface area contributed by atoms with Gasteiger partial charge in [-0.2, -0.15) is 0 Å². The predicted octanol–water partition coefficient (Wildman–Crippen LogP) is 2.52. The Hall–Kier alpha value is 0.0984. The van der Waals surface area contributed by atoms with E-state index in [1.807, 2.05) is 0 Å². The zero-order valence-corrected chi connectivity index (χ0v) is 5.59. The fraction of sp³-hybridized carbons (Fsp3) is 0. The minimum absolute atomic E-state index is 0. The van der Waals surface area contributed by atoms with Gasteiger partial charge >= 0.3 is 35.0 Å². The van der Waals surface area contributed by atoms with Crippen LogP contribution in [-0.4, -0.2) is 14.2 Å². The van der Waals surface area contributed by atoms with Gasteiger partial charge in [0.05, 0.1) is 0 Å². The average molecular weight is 207 g/mol. The van der Waals surface area contributed by atoms with E-state index in [2.05, 4.69) is 0 Å². The number of hydrogen-bond acceptors (Lipinski definition) is 0. The fourth-order valence-corrected chi connectivity index (χ4v) is 0. The molecule has 0 saturated carbocycles. The molecule has 0 radical (unpaired) electrons. The Morgan fingerprint density at radius 3 is 0.625 bits per heavy atom. The van der Waals surface area contributed by atoms with Crippen LogP contribution in [0.1, 0.15) is 0 Å². The summed E-state index contributed by atoms with van der Waals surface area (Å²) in [6.45, 7) is 0. The van der Waals surface area contributed by atoms with Gasteiger partial charge in [0.2, 0.25) is 0 Å². The summed E-state index contributed by atoms with van der Waals surface area (Å²) < 4.78 is 59.4. The number of hydrogen-bond donors (Lipinski definition) is 1. The molecule has 0 aromatic rings. The molecule has 0 atom stereocenters. The summed E-state index contributed by atoms with van der Waals surface area (Å²) in [6.07, 6.45) is 0. The summed E-state index contributed by atoms with van der Waals surface area (Å²) in [4.78, 5) is 0. The molecule has 8 heteroatoms. The van der Waals surface area contributed by atoms with Crippen molar-refractivity contribution in [2.75, 3.05) is 0 Å². The Morgan fingerprint density at radius 2 is 0.625 bits per heavy atom. The molecule has 0 unspecified atom stereocenters. The monoisotopic (exact) mass is 207 g/mol. The van der Waals surface area contributed by atoms with Gasteiger partial charge < -0.3 is 6.15 Å². The maximum absolute atomic E-state index is 11.1. The van der Waals surface area contributed by atoms with E-state index in [1.54, 1.807) is 0 Å². The quantitative estimate of drug-likeness (QED) is 0.468. The minimum atomic E-state index is -11.1. The SMILES string of the molecule is F[As-](F)(F)(F)(F)F.[NH4+]. The van der Waals surface area contributed by atoms with E-state index in [0.717, 1.165) is 0 Å². The van der Waals surface area contributed by atoms with Crippen LogP contribution in [0.3, 0.4) is 0 Å². The third-order valence-electron chi connectivity index (χ3n) is 0. The Balaban J connectivity index is 0. The van der Waals surface area contributed by atoms with Gasteiger partial charge in [0, 0.05) is 0 Å². The predicted molar refractivity (Wildman–Crippen MR) is 18.4 cm³/mol. The molecule has 0 amide bonds. The molecule has 1 nitrogen and oxygen atoms in total. The van der Waals surface area contributed by atoms with E-state index >= 15 is 0 Å². The average Bonchev–Trinajstić information content (AvgIpc) is 0.592. The molecule has 0 fully saturated rings. The molecule has 0 heterocycles. The minimum Gasteiger partial charge on any atom is -0.369 e. The van der Waals surface area contributed by atoms with Gasteiger partial charge in [0.25, 0.3) is 0 Å². The van der Waals surface area contributed by atoms with Crippen LogP contribution in [-0.2, 0) is 0 Å². The first-order valence-electron chi connectivity index (χ1n) is 1.01. The van der Waals surface area contributed by atoms with Crippen LogP contribution in [0.15, 0.2) is 0 Å². The summed E-state index contributed by atoms with van der Waals surface area (Å²) in [6, 6.07) is 0. The Kier molecular flexibility index (Phi) is 1.59. The molecule has 0 rings (SSSR count). The first-order chi connectivity index (χ1) is 2.45. The van der Waals surface area contributed by atoms with Crippen LogP contribution in [0.2, 0.25) is 0 Å². The standard InChI is InChI=1S/AsF6.H3N/c2-1(3,4,5,6)7;/h;1H3/q-1;/p+1. The van der Waals surface area contributed by atoms with E-state index < -0.39 is 14.2 Å². The smallest absolute Gasteiger partial charge is 0.369 e. The van der Waals surface area contributed by atoms with Crippen molar-refractivity contribution in [1.29, 1.82) is 0 Å². The molecular weight excluding hydrogens is 203 g/mol. The normalized spacial score (nSPS) is 20.2. The van der Waals surface area contributed by atoms with Crippen molar-refractivity contribution in [2.24, 2.45) is 0 Å². The third-order valence-corrected chi connectivity index (χ3v) is 0. The van der Waals surface area contributed by atoms with E-state index in [0.29, 0.717) is 0 Å². The second-order valence-corrected chi connectivity index (χ2v) is 4.98. The zero-order valence-electron chi connectivity index (χ0n) is 3.72. The van der Waals surface area contributed by atoms with E-state index in [4.69, 9.17) is 0 Å². The number of rotatable bonds is 0. The second kappa shape index (κ2) is 1.16. The van der Waals surface area contributed by atoms with Crippen molar-refractivity contribution in [1.82, 2.24) is 6.15 Å². The van der Waals surface area contributed by atoms with Crippen LogP contribution in [0, 0.1) is 0 Å². The largest absolute Gasteiger partial charge is 0.369 e. The first kappa shape index (κ1) is 11.0. The third kappa shape index (κ3) is 16400. The topological polar surface area (TPSA) is 36.5 Å². The van der Waals surface area contributed by atoms with Gasteiger partial charge in [-0.1, -0.05) is 0 Å². The van der Waals surface area contributed by atoms with Crippen molar-refractivity contribution in [3.63, 3.8) is 0 Å². The summed E-state index contributed by atoms with van der Waals surface area (Å²) in [5.74, 6) is 0. The molecule has 0 aliphatic heterocycles. The van der Waals surface area contributed by atoms with E-state index in [-0.39, 0.29) is 6.15 Å². The fourth-order valence-electron chi connectivity index (χ4n) is 0. The molecule has 0 aromatic carbocycles. The molecule has 56 valence electrons. The molecule has 0 aliphatic rings. The molecule has 0 bridgehead atoms. The van der Waals surface area contributed by atoms with Gasteiger partial charge in [-0.25, -0.2) is 0 Å². The molecule has 0 spiro atoms. The van der Waals surface area contributed by atoms with Gasteiger partial charge in [0.15, 0.2) is 0 Å². The molecule has 0 aliphatic carbocycles. The first-order valence-corrected chi connectivity index (χ1v) is 5.27. The van der Waals surface area contributed by atoms with Crippen LogP contribution < -0.4 is 6.15 Å². The Bertz CT molecular complexity index is 67.1. The molecule has 4 N–H and O–H groups in total. The Labute approximate surface area is 42.1 Å². The van der Waals surface area contributed by atoms with E-state index in [1.165, 1.54) is 0 Å². The van der Waals surface area contributed by atoms with Crippen molar-refractivity contribution in [3.8, 4) is 0 Å². The molecule has 8 heavy (non-hydrogen) atoms. The van der Waals surface area contributed by atoms with Crippen molar-refractivity contribution in [3.05, 3.63) is 0 Å². The molecule has 0 saturated heterocycles. The van der Waals surface area contributed by atoms with Gasteiger partial charge in [-0.15, -0.1) is 0 Å². The maximum atomic E-state index is 9.91. The van der Waals surface area contributed by atoms with Crippen molar-refractivity contribution < 1.29 is 20.8 Å². The summed E-state index contributed by atoms with van der Waals surface area (Å²) in [7, 11) is 0. The van der Waals surface area contributed by atoms with Gasteiger partial charge in [0.1, 0.15) is 0 Å².